The van der Waals surface area contributed by atoms with E-state index in [9.17, 15) is 0 Å². The third-order valence-electron chi connectivity index (χ3n) is 3.35. The third kappa shape index (κ3) is 2.40. The Morgan fingerprint density at radius 3 is 3.00 bits per heavy atom. The number of halogens is 1. The summed E-state index contributed by atoms with van der Waals surface area (Å²) in [4.78, 5) is 4.21. The van der Waals surface area contributed by atoms with Crippen molar-refractivity contribution >= 4 is 22.5 Å². The summed E-state index contributed by atoms with van der Waals surface area (Å²) < 4.78 is 12.9. The van der Waals surface area contributed by atoms with Gasteiger partial charge in [-0.3, -0.25) is 4.68 Å². The quantitative estimate of drug-likeness (QED) is 0.812. The molecule has 2 aromatic rings. The largest absolute Gasteiger partial charge is 0.477 e. The van der Waals surface area contributed by atoms with Gasteiger partial charge in [0.1, 0.15) is 5.15 Å². The van der Waals surface area contributed by atoms with Crippen molar-refractivity contribution in [3.05, 3.63) is 17.4 Å². The van der Waals surface area contributed by atoms with E-state index in [1.165, 1.54) is 0 Å². The van der Waals surface area contributed by atoms with E-state index in [2.05, 4.69) is 10.1 Å². The maximum Gasteiger partial charge on any atom is 0.226 e. The van der Waals surface area contributed by atoms with Crippen LogP contribution >= 0.6 is 11.6 Å². The van der Waals surface area contributed by atoms with Crippen LogP contribution in [0.15, 0.2) is 12.3 Å². The zero-order valence-electron chi connectivity index (χ0n) is 10.8. The summed E-state index contributed by atoms with van der Waals surface area (Å²) in [6.45, 7) is 4.05. The number of ether oxygens (including phenoxy) is 2. The fraction of sp³-hybridized carbons (Fsp3) is 0.538. The molecule has 3 rings (SSSR count). The highest BCUT2D eigenvalue weighted by molar-refractivity contribution is 6.30. The van der Waals surface area contributed by atoms with Gasteiger partial charge in [-0.15, -0.1) is 0 Å². The number of pyridine rings is 1. The van der Waals surface area contributed by atoms with E-state index in [0.29, 0.717) is 23.7 Å². The van der Waals surface area contributed by atoms with Crippen LogP contribution in [0.1, 0.15) is 25.8 Å². The minimum Gasteiger partial charge on any atom is -0.477 e. The summed E-state index contributed by atoms with van der Waals surface area (Å²) in [7, 11) is 0. The number of hydrogen-bond donors (Lipinski definition) is 0. The summed E-state index contributed by atoms with van der Waals surface area (Å²) in [5.74, 6) is 0.559. The fourth-order valence-electron chi connectivity index (χ4n) is 2.45. The van der Waals surface area contributed by atoms with E-state index in [4.69, 9.17) is 21.1 Å². The third-order valence-corrected chi connectivity index (χ3v) is 3.54. The molecule has 6 heteroatoms. The Labute approximate surface area is 116 Å². The van der Waals surface area contributed by atoms with Crippen molar-refractivity contribution in [3.63, 3.8) is 0 Å². The first-order valence-electron chi connectivity index (χ1n) is 6.54. The molecule has 0 aliphatic carbocycles. The van der Waals surface area contributed by atoms with E-state index in [1.807, 2.05) is 17.7 Å². The van der Waals surface area contributed by atoms with Crippen molar-refractivity contribution in [2.45, 2.75) is 25.8 Å². The number of hydrogen-bond acceptors (Lipinski definition) is 4. The van der Waals surface area contributed by atoms with Gasteiger partial charge in [0.15, 0.2) is 0 Å². The van der Waals surface area contributed by atoms with Gasteiger partial charge in [0.05, 0.1) is 29.7 Å². The van der Waals surface area contributed by atoms with Gasteiger partial charge in [-0.05, 0) is 19.8 Å². The summed E-state index contributed by atoms with van der Waals surface area (Å²) >= 11 is 6.07. The molecule has 1 fully saturated rings. The van der Waals surface area contributed by atoms with Crippen LogP contribution in [0.5, 0.6) is 5.88 Å². The van der Waals surface area contributed by atoms with Crippen molar-refractivity contribution in [3.8, 4) is 5.88 Å². The summed E-state index contributed by atoms with van der Waals surface area (Å²) in [6.07, 6.45) is 3.75. The van der Waals surface area contributed by atoms with E-state index < -0.39 is 0 Å². The van der Waals surface area contributed by atoms with E-state index in [1.54, 1.807) is 6.20 Å². The highest BCUT2D eigenvalue weighted by Crippen LogP contribution is 2.30. The van der Waals surface area contributed by atoms with Crippen molar-refractivity contribution in [2.24, 2.45) is 0 Å². The second-order valence-corrected chi connectivity index (χ2v) is 4.94. The van der Waals surface area contributed by atoms with Gasteiger partial charge >= 0.3 is 0 Å². The molecule has 0 aromatic carbocycles. The maximum atomic E-state index is 6.07. The van der Waals surface area contributed by atoms with Crippen LogP contribution in [-0.2, 0) is 4.74 Å². The topological polar surface area (TPSA) is 49.2 Å². The minimum absolute atomic E-state index is 0.360. The van der Waals surface area contributed by atoms with Gasteiger partial charge in [0.25, 0.3) is 0 Å². The molecule has 0 radical (unpaired) electrons. The molecular weight excluding hydrogens is 266 g/mol. The zero-order chi connectivity index (χ0) is 13.2. The minimum atomic E-state index is 0.360. The van der Waals surface area contributed by atoms with Gasteiger partial charge in [-0.2, -0.15) is 5.10 Å². The van der Waals surface area contributed by atoms with Crippen LogP contribution in [-0.4, -0.2) is 34.6 Å². The number of rotatable bonds is 3. The molecule has 0 unspecified atom stereocenters. The average molecular weight is 282 g/mol. The first-order valence-corrected chi connectivity index (χ1v) is 6.91. The number of nitrogens with zero attached hydrogens (tertiary/aromatic N) is 3. The standard InChI is InChI=1S/C13H16ClN3O2/c1-2-19-13-10-8-15-17(9-3-5-18-6-4-9)11(10)7-12(14)16-13/h7-9H,2-6H2,1H3. The van der Waals surface area contributed by atoms with Gasteiger partial charge in [-0.25, -0.2) is 4.98 Å². The molecule has 3 heterocycles. The molecular formula is C13H16ClN3O2. The molecule has 0 bridgehead atoms. The average Bonchev–Trinajstić information content (AvgIpc) is 2.84. The summed E-state index contributed by atoms with van der Waals surface area (Å²) in [5.41, 5.74) is 0.982. The molecule has 0 amide bonds. The zero-order valence-corrected chi connectivity index (χ0v) is 11.6. The van der Waals surface area contributed by atoms with Crippen LogP contribution < -0.4 is 4.74 Å². The van der Waals surface area contributed by atoms with Gasteiger partial charge in [0.2, 0.25) is 5.88 Å². The first-order chi connectivity index (χ1) is 9.29. The fourth-order valence-corrected chi connectivity index (χ4v) is 2.63. The van der Waals surface area contributed by atoms with Crippen molar-refractivity contribution in [1.29, 1.82) is 0 Å². The molecule has 0 atom stereocenters. The van der Waals surface area contributed by atoms with E-state index in [-0.39, 0.29) is 0 Å². The van der Waals surface area contributed by atoms with Crippen LogP contribution in [0.25, 0.3) is 10.9 Å². The molecule has 19 heavy (non-hydrogen) atoms. The predicted octanol–water partition coefficient (Wildman–Crippen LogP) is 2.83. The highest BCUT2D eigenvalue weighted by atomic mass is 35.5. The lowest BCUT2D eigenvalue weighted by Crippen LogP contribution is -2.20. The SMILES string of the molecule is CCOc1nc(Cl)cc2c1cnn2C1CCOCC1. The van der Waals surface area contributed by atoms with Gasteiger partial charge in [0, 0.05) is 19.3 Å². The maximum absolute atomic E-state index is 6.07. The molecule has 1 saturated heterocycles. The molecule has 1 aliphatic rings. The van der Waals surface area contributed by atoms with Gasteiger partial charge < -0.3 is 9.47 Å². The molecule has 102 valence electrons. The predicted molar refractivity (Wildman–Crippen MR) is 72.8 cm³/mol. The van der Waals surface area contributed by atoms with Crippen LogP contribution in [0.3, 0.4) is 0 Å². The Kier molecular flexibility index (Phi) is 3.57. The Morgan fingerprint density at radius 2 is 2.26 bits per heavy atom. The van der Waals surface area contributed by atoms with Crippen LogP contribution in [0.2, 0.25) is 5.15 Å². The Balaban J connectivity index is 2.06. The first kappa shape index (κ1) is 12.7. The van der Waals surface area contributed by atoms with Crippen LogP contribution in [0, 0.1) is 0 Å². The normalized spacial score (nSPS) is 16.9. The summed E-state index contributed by atoms with van der Waals surface area (Å²) in [5, 5.41) is 5.84. The Morgan fingerprint density at radius 1 is 1.47 bits per heavy atom. The summed E-state index contributed by atoms with van der Waals surface area (Å²) in [6, 6.07) is 2.21. The van der Waals surface area contributed by atoms with Crippen molar-refractivity contribution < 1.29 is 9.47 Å². The monoisotopic (exact) mass is 281 g/mol. The highest BCUT2D eigenvalue weighted by Gasteiger charge is 2.20. The van der Waals surface area contributed by atoms with E-state index in [0.717, 1.165) is 37.0 Å². The van der Waals surface area contributed by atoms with Crippen molar-refractivity contribution in [1.82, 2.24) is 14.8 Å². The Hall–Kier alpha value is -1.33. The van der Waals surface area contributed by atoms with E-state index >= 15 is 0 Å². The number of fused-ring (bicyclic) bond motifs is 1. The smallest absolute Gasteiger partial charge is 0.226 e. The van der Waals surface area contributed by atoms with Crippen LogP contribution in [0.4, 0.5) is 0 Å². The second kappa shape index (κ2) is 5.35. The number of aromatic nitrogens is 3. The second-order valence-electron chi connectivity index (χ2n) is 4.55. The lowest BCUT2D eigenvalue weighted by molar-refractivity contribution is 0.0675. The molecule has 0 N–H and O–H groups in total. The molecule has 5 nitrogen and oxygen atoms in total. The molecule has 2 aromatic heterocycles. The molecule has 0 spiro atoms. The lowest BCUT2D eigenvalue weighted by Gasteiger charge is -2.23. The Bertz CT molecular complexity index is 579. The lowest BCUT2D eigenvalue weighted by atomic mass is 10.1. The molecule has 1 aliphatic heterocycles. The van der Waals surface area contributed by atoms with Gasteiger partial charge in [-0.1, -0.05) is 11.6 Å². The molecule has 0 saturated carbocycles. The van der Waals surface area contributed by atoms with Crippen molar-refractivity contribution in [2.75, 3.05) is 19.8 Å².